The van der Waals surface area contributed by atoms with Gasteiger partial charge in [0.05, 0.1) is 11.0 Å². The van der Waals surface area contributed by atoms with Crippen molar-refractivity contribution in [3.63, 3.8) is 0 Å². The first kappa shape index (κ1) is 24.7. The number of hydrogen-bond acceptors (Lipinski definition) is 1. The Morgan fingerprint density at radius 2 is 1.20 bits per heavy atom. The molecular weight excluding hydrogens is 606 g/mol. The zero-order chi connectivity index (χ0) is 27.6. The number of rotatable bonds is 3. The normalized spacial score (nSPS) is 15.9. The van der Waals surface area contributed by atoms with Gasteiger partial charge in [-0.2, -0.15) is 0 Å². The van der Waals surface area contributed by atoms with Crippen LogP contribution in [0.3, 0.4) is 0 Å². The second-order valence-electron chi connectivity index (χ2n) is 10.4. The van der Waals surface area contributed by atoms with Crippen molar-refractivity contribution in [2.45, 2.75) is 0 Å². The number of aromatic nitrogens is 1. The van der Waals surface area contributed by atoms with Crippen LogP contribution in [0.4, 0.5) is 0 Å². The maximum Gasteiger partial charge on any atom is 0.188 e. The second kappa shape index (κ2) is 9.49. The fraction of sp³-hybridized carbons (Fsp3) is 0. The third kappa shape index (κ3) is 3.68. The third-order valence-corrected chi connectivity index (χ3v) is 13.8. The number of nitrogens with zero attached hydrogens (tertiary/aromatic N) is 1. The quantitative estimate of drug-likeness (QED) is 0.183. The van der Waals surface area contributed by atoms with E-state index in [1.807, 2.05) is 18.2 Å². The maximum absolute atomic E-state index is 6.54. The van der Waals surface area contributed by atoms with Crippen molar-refractivity contribution in [2.75, 3.05) is 0 Å². The van der Waals surface area contributed by atoms with Gasteiger partial charge < -0.3 is 9.30 Å². The predicted octanol–water partition coefficient (Wildman–Crippen LogP) is 7.68. The minimum Gasteiger partial charge on any atom is -0.457 e. The predicted molar refractivity (Wildman–Crippen MR) is 177 cm³/mol. The van der Waals surface area contributed by atoms with Gasteiger partial charge in [0.25, 0.3) is 0 Å². The lowest BCUT2D eigenvalue weighted by Gasteiger charge is -2.39. The summed E-state index contributed by atoms with van der Waals surface area (Å²) in [7, 11) is -2.84. The van der Waals surface area contributed by atoms with Gasteiger partial charge in [-0.15, -0.1) is 0 Å². The molecule has 0 N–H and O–H groups in total. The van der Waals surface area contributed by atoms with Gasteiger partial charge in [-0.3, -0.25) is 0 Å². The van der Waals surface area contributed by atoms with Gasteiger partial charge >= 0.3 is 0 Å². The van der Waals surface area contributed by atoms with Gasteiger partial charge in [0.2, 0.25) is 0 Å². The smallest absolute Gasteiger partial charge is 0.188 e. The van der Waals surface area contributed by atoms with Gasteiger partial charge in [-0.1, -0.05) is 112 Å². The van der Waals surface area contributed by atoms with Gasteiger partial charge in [-0.25, -0.2) is 0 Å². The molecule has 1 unspecified atom stereocenters. The van der Waals surface area contributed by atoms with Crippen LogP contribution in [0.15, 0.2) is 144 Å². The molecule has 0 fully saturated rings. The average molecular weight is 629 g/mol. The number of hydrogen-bond donors (Lipinski definition) is 0. The molecule has 5 heteroatoms. The van der Waals surface area contributed by atoms with Crippen LogP contribution in [-0.2, 0) is 0 Å². The molecule has 8 rings (SSSR count). The first-order valence-electron chi connectivity index (χ1n) is 13.6. The Balaban J connectivity index is 1.49. The molecule has 0 bridgehead atoms. The minimum atomic E-state index is -2.84. The highest BCUT2D eigenvalue weighted by atomic mass is 79.9. The van der Waals surface area contributed by atoms with Crippen LogP contribution in [0, 0.1) is 0 Å². The van der Waals surface area contributed by atoms with Crippen molar-refractivity contribution < 1.29 is 4.74 Å². The maximum atomic E-state index is 6.54. The average Bonchev–Trinajstić information content (AvgIpc) is 3.34. The van der Waals surface area contributed by atoms with E-state index in [1.54, 1.807) is 0 Å². The molecule has 1 aliphatic rings. The van der Waals surface area contributed by atoms with E-state index >= 15 is 0 Å². The summed E-state index contributed by atoms with van der Waals surface area (Å²) in [5.41, 5.74) is 3.54. The molecule has 2 heterocycles. The molecule has 6 aromatic carbocycles. The summed E-state index contributed by atoms with van der Waals surface area (Å²) < 4.78 is 9.99. The minimum absolute atomic E-state index is 0.666. The lowest BCUT2D eigenvalue weighted by atomic mass is 10.2. The zero-order valence-corrected chi connectivity index (χ0v) is 25.2. The molecule has 7 aromatic rings. The first-order chi connectivity index (χ1) is 20.1. The Kier molecular flexibility index (Phi) is 5.71. The molecular formula is C36H23BrClNOSi. The van der Waals surface area contributed by atoms with E-state index in [9.17, 15) is 0 Å². The molecule has 1 aromatic heterocycles. The highest BCUT2D eigenvalue weighted by Gasteiger charge is 2.48. The Hall–Kier alpha value is -4.09. The van der Waals surface area contributed by atoms with Crippen molar-refractivity contribution in [3.05, 3.63) is 149 Å². The Morgan fingerprint density at radius 3 is 1.95 bits per heavy atom. The fourth-order valence-electron chi connectivity index (χ4n) is 6.61. The Morgan fingerprint density at radius 1 is 0.561 bits per heavy atom. The lowest BCUT2D eigenvalue weighted by molar-refractivity contribution is 0.487. The SMILES string of the molecule is Clc1ccc2c(c1)Oc1ccccc1[Si]2(c1cccc(Br)c1)c1cccc(-n2c3ccccc3c3ccccc32)c1. The zero-order valence-electron chi connectivity index (χ0n) is 21.9. The Bertz CT molecular complexity index is 2080. The van der Waals surface area contributed by atoms with Gasteiger partial charge in [0.15, 0.2) is 8.07 Å². The highest BCUT2D eigenvalue weighted by molar-refractivity contribution is 9.10. The molecule has 196 valence electrons. The summed E-state index contributed by atoms with van der Waals surface area (Å²) in [5.74, 6) is 1.71. The lowest BCUT2D eigenvalue weighted by Crippen LogP contribution is -2.76. The molecule has 1 aliphatic heterocycles. The van der Waals surface area contributed by atoms with Crippen LogP contribution in [0.25, 0.3) is 27.5 Å². The van der Waals surface area contributed by atoms with Gasteiger partial charge in [-0.05, 0) is 75.3 Å². The van der Waals surface area contributed by atoms with Gasteiger partial charge in [0, 0.05) is 26.0 Å². The van der Waals surface area contributed by atoms with E-state index in [4.69, 9.17) is 16.3 Å². The molecule has 0 amide bonds. The summed E-state index contributed by atoms with van der Waals surface area (Å²) >= 11 is 10.3. The van der Waals surface area contributed by atoms with Crippen LogP contribution >= 0.6 is 27.5 Å². The number of para-hydroxylation sites is 3. The van der Waals surface area contributed by atoms with Crippen molar-refractivity contribution in [1.82, 2.24) is 4.57 Å². The van der Waals surface area contributed by atoms with Gasteiger partial charge in [0.1, 0.15) is 11.5 Å². The van der Waals surface area contributed by atoms with Crippen LogP contribution in [-0.4, -0.2) is 12.6 Å². The van der Waals surface area contributed by atoms with Crippen LogP contribution in [0.1, 0.15) is 0 Å². The number of benzene rings is 6. The van der Waals surface area contributed by atoms with E-state index in [2.05, 4.69) is 142 Å². The number of halogens is 2. The molecule has 2 nitrogen and oxygen atoms in total. The molecule has 0 radical (unpaired) electrons. The summed E-state index contributed by atoms with van der Waals surface area (Å²) in [4.78, 5) is 0. The van der Waals surface area contributed by atoms with E-state index in [1.165, 1.54) is 42.6 Å². The fourth-order valence-corrected chi connectivity index (χ4v) is 12.4. The molecule has 1 atom stereocenters. The largest absolute Gasteiger partial charge is 0.457 e. The summed E-state index contributed by atoms with van der Waals surface area (Å²) in [6.07, 6.45) is 0. The van der Waals surface area contributed by atoms with Crippen molar-refractivity contribution in [1.29, 1.82) is 0 Å². The van der Waals surface area contributed by atoms with E-state index in [0.29, 0.717) is 5.02 Å². The van der Waals surface area contributed by atoms with Crippen molar-refractivity contribution in [3.8, 4) is 17.2 Å². The summed E-state index contributed by atoms with van der Waals surface area (Å²) in [6, 6.07) is 49.8. The molecule has 0 aliphatic carbocycles. The second-order valence-corrected chi connectivity index (χ2v) is 15.5. The summed E-state index contributed by atoms with van der Waals surface area (Å²) in [6.45, 7) is 0. The van der Waals surface area contributed by atoms with Crippen LogP contribution in [0.2, 0.25) is 5.02 Å². The van der Waals surface area contributed by atoms with E-state index < -0.39 is 8.07 Å². The number of ether oxygens (including phenoxy) is 1. The van der Waals surface area contributed by atoms with Crippen LogP contribution in [0.5, 0.6) is 11.5 Å². The first-order valence-corrected chi connectivity index (χ1v) is 16.7. The van der Waals surface area contributed by atoms with E-state index in [-0.39, 0.29) is 0 Å². The Labute approximate surface area is 252 Å². The number of fused-ring (bicyclic) bond motifs is 5. The van der Waals surface area contributed by atoms with Crippen molar-refractivity contribution in [2.24, 2.45) is 0 Å². The summed E-state index contributed by atoms with van der Waals surface area (Å²) in [5, 5.41) is 8.16. The standard InChI is InChI=1S/C36H23BrClNOSi/c37-24-9-7-11-27(21-24)41(35-18-6-5-17-33(35)40-34-22-25(38)19-20-36(34)41)28-12-8-10-26(23-28)39-31-15-3-1-13-29(31)30-14-2-4-16-32(30)39/h1-23H. The topological polar surface area (TPSA) is 14.2 Å². The highest BCUT2D eigenvalue weighted by Crippen LogP contribution is 2.34. The monoisotopic (exact) mass is 627 g/mol. The molecule has 0 saturated heterocycles. The van der Waals surface area contributed by atoms with Crippen molar-refractivity contribution >= 4 is 78.2 Å². The van der Waals surface area contributed by atoms with Crippen LogP contribution < -0.4 is 25.5 Å². The molecule has 0 saturated carbocycles. The molecule has 41 heavy (non-hydrogen) atoms. The third-order valence-electron chi connectivity index (χ3n) is 8.23. The van der Waals surface area contributed by atoms with E-state index in [0.717, 1.165) is 21.7 Å². The molecule has 0 spiro atoms.